The first-order valence-electron chi connectivity index (χ1n) is 10.7. The average molecular weight is 484 g/mol. The molecule has 0 bridgehead atoms. The topological polar surface area (TPSA) is 71.4 Å². The summed E-state index contributed by atoms with van der Waals surface area (Å²) in [5, 5.41) is 1.54. The average Bonchev–Trinajstić information content (AvgIpc) is 3.35. The second-order valence-electron chi connectivity index (χ2n) is 7.13. The van der Waals surface area contributed by atoms with Crippen LogP contribution in [0.2, 0.25) is 0 Å². The fourth-order valence-corrected chi connectivity index (χ4v) is 6.00. The first kappa shape index (κ1) is 23.3. The minimum Gasteiger partial charge on any atom is -0.497 e. The van der Waals surface area contributed by atoms with Crippen molar-refractivity contribution in [3.8, 4) is 5.75 Å². The molecule has 0 saturated carbocycles. The van der Waals surface area contributed by atoms with Crippen LogP contribution >= 0.6 is 23.5 Å². The molecule has 0 radical (unpaired) electrons. The fourth-order valence-electron chi connectivity index (χ4n) is 3.57. The van der Waals surface area contributed by atoms with Crippen LogP contribution in [-0.2, 0) is 9.53 Å². The van der Waals surface area contributed by atoms with Gasteiger partial charge < -0.3 is 14.4 Å². The van der Waals surface area contributed by atoms with Gasteiger partial charge in [-0.1, -0.05) is 11.8 Å². The molecule has 9 heteroatoms. The molecule has 2 heterocycles. The molecule has 0 N–H and O–H groups in total. The Kier molecular flexibility index (Phi) is 6.99. The molecule has 33 heavy (non-hydrogen) atoms. The first-order chi connectivity index (χ1) is 16.0. The zero-order valence-electron chi connectivity index (χ0n) is 19.0. The van der Waals surface area contributed by atoms with Gasteiger partial charge in [0.15, 0.2) is 5.17 Å². The molecule has 1 saturated heterocycles. The van der Waals surface area contributed by atoms with E-state index in [9.17, 15) is 9.59 Å². The van der Waals surface area contributed by atoms with E-state index in [0.29, 0.717) is 34.5 Å². The lowest BCUT2D eigenvalue weighted by atomic mass is 10.2. The van der Waals surface area contributed by atoms with Gasteiger partial charge in [0, 0.05) is 24.1 Å². The van der Waals surface area contributed by atoms with Gasteiger partial charge in [0.2, 0.25) is 0 Å². The van der Waals surface area contributed by atoms with Crippen molar-refractivity contribution in [2.45, 2.75) is 25.7 Å². The number of hydrogen-bond donors (Lipinski definition) is 0. The van der Waals surface area contributed by atoms with Crippen LogP contribution in [0.25, 0.3) is 0 Å². The Morgan fingerprint density at radius 2 is 1.73 bits per heavy atom. The molecule has 0 unspecified atom stereocenters. The van der Waals surface area contributed by atoms with E-state index in [4.69, 9.17) is 14.5 Å². The van der Waals surface area contributed by atoms with Gasteiger partial charge in [-0.15, -0.1) is 0 Å². The Hall–Kier alpha value is -2.91. The number of nitrogens with zero attached hydrogens (tertiary/aromatic N) is 3. The molecule has 4 rings (SSSR count). The summed E-state index contributed by atoms with van der Waals surface area (Å²) in [7, 11) is 1.65. The quantitative estimate of drug-likeness (QED) is 0.410. The minimum atomic E-state index is -0.363. The van der Waals surface area contributed by atoms with E-state index >= 15 is 0 Å². The van der Waals surface area contributed by atoms with Gasteiger partial charge >= 0.3 is 5.97 Å². The van der Waals surface area contributed by atoms with Crippen molar-refractivity contribution in [3.63, 3.8) is 0 Å². The minimum absolute atomic E-state index is 0.0508. The highest BCUT2D eigenvalue weighted by atomic mass is 32.2. The molecule has 1 fully saturated rings. The number of aliphatic imine (C=N–C) groups is 1. The second kappa shape index (κ2) is 9.93. The highest BCUT2D eigenvalue weighted by Gasteiger charge is 2.39. The fraction of sp³-hybridized carbons (Fsp3) is 0.292. The summed E-state index contributed by atoms with van der Waals surface area (Å²) in [5.74, 6) is 0.372. The van der Waals surface area contributed by atoms with Gasteiger partial charge in [-0.05, 0) is 68.9 Å². The van der Waals surface area contributed by atoms with Gasteiger partial charge in [0.1, 0.15) is 15.7 Å². The summed E-state index contributed by atoms with van der Waals surface area (Å²) >= 11 is 2.98. The number of carbonyl (C=O) groups is 2. The molecule has 0 spiro atoms. The molecule has 172 valence electrons. The first-order valence-corrected chi connectivity index (χ1v) is 12.4. The number of amides is 1. The maximum absolute atomic E-state index is 13.3. The standard InChI is InChI=1S/C24H25N3O4S2/c1-5-26-18-14-17(30-4)12-13-19(18)32-22(26)20-21(28)27(6-2)24(33-20)25-16-10-8-15(9-11-16)23(29)31-7-3/h8-14H,5-7H2,1-4H3. The predicted molar refractivity (Wildman–Crippen MR) is 133 cm³/mol. The second-order valence-corrected chi connectivity index (χ2v) is 9.14. The van der Waals surface area contributed by atoms with Crippen LogP contribution in [0, 0.1) is 0 Å². The van der Waals surface area contributed by atoms with Gasteiger partial charge in [-0.2, -0.15) is 0 Å². The van der Waals surface area contributed by atoms with E-state index in [2.05, 4.69) is 11.8 Å². The van der Waals surface area contributed by atoms with Crippen molar-refractivity contribution in [1.29, 1.82) is 0 Å². The van der Waals surface area contributed by atoms with Crippen molar-refractivity contribution < 1.29 is 19.1 Å². The third-order valence-corrected chi connectivity index (χ3v) is 7.58. The van der Waals surface area contributed by atoms with E-state index in [1.165, 1.54) is 11.8 Å². The smallest absolute Gasteiger partial charge is 0.338 e. The highest BCUT2D eigenvalue weighted by molar-refractivity contribution is 8.19. The van der Waals surface area contributed by atoms with E-state index < -0.39 is 0 Å². The number of methoxy groups -OCH3 is 1. The largest absolute Gasteiger partial charge is 0.497 e. The molecule has 2 aromatic carbocycles. The lowest BCUT2D eigenvalue weighted by Gasteiger charge is -2.19. The molecule has 0 aromatic heterocycles. The molecule has 2 aliphatic heterocycles. The number of likely N-dealkylation sites (N-methyl/N-ethyl adjacent to an activating group) is 1. The van der Waals surface area contributed by atoms with Crippen molar-refractivity contribution in [2.75, 3.05) is 31.7 Å². The number of rotatable bonds is 6. The van der Waals surface area contributed by atoms with Crippen LogP contribution in [-0.4, -0.2) is 48.8 Å². The Labute approximate surface area is 201 Å². The normalized spacial score (nSPS) is 18.8. The molecule has 2 aliphatic rings. The van der Waals surface area contributed by atoms with Gasteiger partial charge in [-0.25, -0.2) is 9.79 Å². The number of amidine groups is 1. The number of ether oxygens (including phenoxy) is 2. The summed E-state index contributed by atoms with van der Waals surface area (Å²) in [6.45, 7) is 7.35. The number of fused-ring (bicyclic) bond motifs is 1. The lowest BCUT2D eigenvalue weighted by Crippen LogP contribution is -2.29. The van der Waals surface area contributed by atoms with Crippen LogP contribution in [0.4, 0.5) is 11.4 Å². The SMILES string of the molecule is CCOC(=O)c1ccc(N=C2SC(=C3Sc4ccc(OC)cc4N3CC)C(=O)N2CC)cc1. The zero-order chi connectivity index (χ0) is 23.5. The van der Waals surface area contributed by atoms with Crippen molar-refractivity contribution in [1.82, 2.24) is 4.90 Å². The maximum Gasteiger partial charge on any atom is 0.338 e. The lowest BCUT2D eigenvalue weighted by molar-refractivity contribution is -0.122. The van der Waals surface area contributed by atoms with Crippen molar-refractivity contribution >= 4 is 51.9 Å². The molecule has 0 atom stereocenters. The Bertz CT molecular complexity index is 1140. The number of esters is 1. The van der Waals surface area contributed by atoms with E-state index in [0.717, 1.165) is 27.9 Å². The molecule has 0 aliphatic carbocycles. The summed E-state index contributed by atoms with van der Waals surface area (Å²) in [6, 6.07) is 12.8. The molecular weight excluding hydrogens is 458 g/mol. The predicted octanol–water partition coefficient (Wildman–Crippen LogP) is 5.26. The monoisotopic (exact) mass is 483 g/mol. The zero-order valence-corrected chi connectivity index (χ0v) is 20.6. The number of anilines is 1. The number of hydrogen-bond acceptors (Lipinski definition) is 8. The summed E-state index contributed by atoms with van der Waals surface area (Å²) in [5.41, 5.74) is 2.18. The van der Waals surface area contributed by atoms with Crippen molar-refractivity contribution in [2.24, 2.45) is 4.99 Å². The Morgan fingerprint density at radius 1 is 1.00 bits per heavy atom. The maximum atomic E-state index is 13.3. The van der Waals surface area contributed by atoms with Crippen LogP contribution in [0.3, 0.4) is 0 Å². The third-order valence-electron chi connectivity index (χ3n) is 5.20. The summed E-state index contributed by atoms with van der Waals surface area (Å²) in [4.78, 5) is 35.5. The van der Waals surface area contributed by atoms with Gasteiger partial charge in [0.05, 0.1) is 30.7 Å². The van der Waals surface area contributed by atoms with Crippen LogP contribution < -0.4 is 9.64 Å². The summed E-state index contributed by atoms with van der Waals surface area (Å²) in [6.07, 6.45) is 0. The number of thioether (sulfide) groups is 2. The number of benzene rings is 2. The van der Waals surface area contributed by atoms with Crippen LogP contribution in [0.15, 0.2) is 62.3 Å². The third kappa shape index (κ3) is 4.47. The van der Waals surface area contributed by atoms with E-state index in [1.54, 1.807) is 55.0 Å². The Morgan fingerprint density at radius 3 is 2.36 bits per heavy atom. The molecular formula is C24H25N3O4S2. The molecule has 7 nitrogen and oxygen atoms in total. The van der Waals surface area contributed by atoms with E-state index in [1.807, 2.05) is 25.1 Å². The van der Waals surface area contributed by atoms with Crippen LogP contribution in [0.5, 0.6) is 5.75 Å². The molecule has 1 amide bonds. The number of carbonyl (C=O) groups excluding carboxylic acids is 2. The Balaban J connectivity index is 1.65. The van der Waals surface area contributed by atoms with E-state index in [-0.39, 0.29) is 11.9 Å². The summed E-state index contributed by atoms with van der Waals surface area (Å²) < 4.78 is 10.4. The van der Waals surface area contributed by atoms with Gasteiger partial charge in [-0.3, -0.25) is 9.69 Å². The highest BCUT2D eigenvalue weighted by Crippen LogP contribution is 2.51. The van der Waals surface area contributed by atoms with Gasteiger partial charge in [0.25, 0.3) is 5.91 Å². The molecule has 2 aromatic rings. The van der Waals surface area contributed by atoms with Crippen LogP contribution in [0.1, 0.15) is 31.1 Å². The van der Waals surface area contributed by atoms with Crippen molar-refractivity contribution in [3.05, 3.63) is 58.0 Å².